The summed E-state index contributed by atoms with van der Waals surface area (Å²) in [6.07, 6.45) is 5.39. The molecule has 10 heteroatoms. The number of thioether (sulfide) groups is 1. The van der Waals surface area contributed by atoms with Crippen LogP contribution in [0.2, 0.25) is 0 Å². The molecule has 22 heavy (non-hydrogen) atoms. The molecule has 3 heterocycles. The van der Waals surface area contributed by atoms with E-state index in [9.17, 15) is 8.78 Å². The van der Waals surface area contributed by atoms with Gasteiger partial charge in [0.1, 0.15) is 11.9 Å². The second-order valence-corrected chi connectivity index (χ2v) is 5.83. The highest BCUT2D eigenvalue weighted by atomic mass is 32.2. The van der Waals surface area contributed by atoms with E-state index < -0.39 is 6.55 Å². The highest BCUT2D eigenvalue weighted by Crippen LogP contribution is 2.28. The number of nitrogens with zero attached hydrogens (tertiary/aromatic N) is 5. The van der Waals surface area contributed by atoms with Crippen LogP contribution >= 0.6 is 11.8 Å². The van der Waals surface area contributed by atoms with E-state index in [-0.39, 0.29) is 17.7 Å². The average molecular weight is 330 g/mol. The fourth-order valence-corrected chi connectivity index (χ4v) is 3.13. The maximum absolute atomic E-state index is 12.8. The van der Waals surface area contributed by atoms with Crippen molar-refractivity contribution >= 4 is 11.8 Å². The normalized spacial score (nSPS) is 19.0. The van der Waals surface area contributed by atoms with Crippen LogP contribution < -0.4 is 5.84 Å². The molecule has 2 aromatic heterocycles. The molecule has 3 rings (SSSR count). The summed E-state index contributed by atoms with van der Waals surface area (Å²) in [4.78, 5) is 3.92. The Labute approximate surface area is 129 Å². The Balaban J connectivity index is 1.68. The number of nitrogens with two attached hydrogens (primary N) is 1. The molecular formula is C12H16F2N6OS. The van der Waals surface area contributed by atoms with Gasteiger partial charge in [0, 0.05) is 19.0 Å². The molecule has 0 unspecified atom stereocenters. The summed E-state index contributed by atoms with van der Waals surface area (Å²) in [6, 6.07) is 0. The van der Waals surface area contributed by atoms with E-state index in [1.807, 2.05) is 0 Å². The summed E-state index contributed by atoms with van der Waals surface area (Å²) in [6.45, 7) is -1.92. The van der Waals surface area contributed by atoms with Gasteiger partial charge in [0.05, 0.1) is 5.75 Å². The Morgan fingerprint density at radius 2 is 2.27 bits per heavy atom. The zero-order valence-electron chi connectivity index (χ0n) is 11.7. The van der Waals surface area contributed by atoms with Crippen molar-refractivity contribution in [1.29, 1.82) is 0 Å². The van der Waals surface area contributed by atoms with E-state index >= 15 is 0 Å². The van der Waals surface area contributed by atoms with Crippen LogP contribution in [0.25, 0.3) is 0 Å². The third kappa shape index (κ3) is 3.07. The molecule has 0 spiro atoms. The average Bonchev–Trinajstić information content (AvgIpc) is 3.13. The number of hydrogen-bond acceptors (Lipinski definition) is 6. The van der Waals surface area contributed by atoms with E-state index in [4.69, 9.17) is 10.6 Å². The fourth-order valence-electron chi connectivity index (χ4n) is 2.31. The Kier molecular flexibility index (Phi) is 4.57. The molecule has 0 bridgehead atoms. The maximum atomic E-state index is 12.8. The van der Waals surface area contributed by atoms with Gasteiger partial charge in [0.2, 0.25) is 5.16 Å². The van der Waals surface area contributed by atoms with Gasteiger partial charge in [-0.1, -0.05) is 11.8 Å². The first-order chi connectivity index (χ1) is 10.7. The van der Waals surface area contributed by atoms with E-state index in [1.165, 1.54) is 28.8 Å². The minimum atomic E-state index is -2.61. The number of nitrogen functional groups attached to an aromatic ring is 1. The molecule has 0 radical (unpaired) electrons. The van der Waals surface area contributed by atoms with E-state index in [0.717, 1.165) is 23.8 Å². The topological polar surface area (TPSA) is 83.8 Å². The van der Waals surface area contributed by atoms with Crippen LogP contribution in [-0.4, -0.2) is 31.0 Å². The molecular weight excluding hydrogens is 314 g/mol. The lowest BCUT2D eigenvalue weighted by atomic mass is 10.1. The first-order valence-electron chi connectivity index (χ1n) is 6.91. The second kappa shape index (κ2) is 6.61. The zero-order valence-corrected chi connectivity index (χ0v) is 12.5. The van der Waals surface area contributed by atoms with Crippen molar-refractivity contribution in [1.82, 2.24) is 24.4 Å². The van der Waals surface area contributed by atoms with Crippen LogP contribution in [0, 0.1) is 0 Å². The van der Waals surface area contributed by atoms with Gasteiger partial charge in [-0.05, 0) is 19.3 Å². The van der Waals surface area contributed by atoms with Gasteiger partial charge in [-0.15, -0.1) is 10.2 Å². The number of ether oxygens (including phenoxy) is 1. The second-order valence-electron chi connectivity index (χ2n) is 4.88. The molecule has 1 aliphatic rings. The SMILES string of the molecule is Nn1c(SCc2nccn2C(F)F)nnc1[C@@H]1CCCCO1. The van der Waals surface area contributed by atoms with Crippen molar-refractivity contribution in [3.63, 3.8) is 0 Å². The molecule has 1 atom stereocenters. The molecule has 0 aromatic carbocycles. The molecule has 1 saturated heterocycles. The fraction of sp³-hybridized carbons (Fsp3) is 0.583. The highest BCUT2D eigenvalue weighted by molar-refractivity contribution is 7.98. The van der Waals surface area contributed by atoms with Crippen molar-refractivity contribution in [2.45, 2.75) is 42.8 Å². The van der Waals surface area contributed by atoms with Gasteiger partial charge in [-0.25, -0.2) is 9.66 Å². The van der Waals surface area contributed by atoms with E-state index in [2.05, 4.69) is 15.2 Å². The van der Waals surface area contributed by atoms with Gasteiger partial charge in [-0.3, -0.25) is 4.57 Å². The van der Waals surface area contributed by atoms with Crippen molar-refractivity contribution in [3.05, 3.63) is 24.0 Å². The van der Waals surface area contributed by atoms with Gasteiger partial charge in [0.15, 0.2) is 5.82 Å². The largest absolute Gasteiger partial charge is 0.370 e. The van der Waals surface area contributed by atoms with E-state index in [0.29, 0.717) is 17.6 Å². The number of imidazole rings is 1. The molecule has 2 N–H and O–H groups in total. The molecule has 1 aliphatic heterocycles. The Morgan fingerprint density at radius 1 is 1.41 bits per heavy atom. The van der Waals surface area contributed by atoms with Crippen molar-refractivity contribution in [2.24, 2.45) is 0 Å². The first-order valence-corrected chi connectivity index (χ1v) is 7.90. The molecule has 0 aliphatic carbocycles. The van der Waals surface area contributed by atoms with Crippen molar-refractivity contribution in [2.75, 3.05) is 12.4 Å². The standard InChI is InChI=1S/C12H16F2N6OS/c13-11(14)19-5-4-16-9(19)7-22-12-18-17-10(20(12)15)8-3-1-2-6-21-8/h4-5,8,11H,1-3,6-7,15H2/t8-/m0/s1. The summed E-state index contributed by atoms with van der Waals surface area (Å²) >= 11 is 1.21. The third-order valence-corrected chi connectivity index (χ3v) is 4.39. The van der Waals surface area contributed by atoms with E-state index in [1.54, 1.807) is 0 Å². The number of alkyl halides is 2. The van der Waals surface area contributed by atoms with Gasteiger partial charge in [0.25, 0.3) is 0 Å². The first kappa shape index (κ1) is 15.2. The molecule has 2 aromatic rings. The number of aromatic nitrogens is 5. The lowest BCUT2D eigenvalue weighted by Gasteiger charge is -2.21. The lowest BCUT2D eigenvalue weighted by Crippen LogP contribution is -2.21. The number of hydrogen-bond donors (Lipinski definition) is 1. The molecule has 0 saturated carbocycles. The minimum absolute atomic E-state index is 0.149. The van der Waals surface area contributed by atoms with Gasteiger partial charge >= 0.3 is 6.55 Å². The number of halogens is 2. The predicted octanol–water partition coefficient (Wildman–Crippen LogP) is 2.12. The molecule has 0 amide bonds. The quantitative estimate of drug-likeness (QED) is 0.668. The van der Waals surface area contributed by atoms with Crippen LogP contribution in [0.4, 0.5) is 8.78 Å². The monoisotopic (exact) mass is 330 g/mol. The summed E-state index contributed by atoms with van der Waals surface area (Å²) in [5.41, 5.74) is 0. The summed E-state index contributed by atoms with van der Waals surface area (Å²) in [7, 11) is 0. The van der Waals surface area contributed by atoms with Crippen LogP contribution in [0.15, 0.2) is 17.6 Å². The van der Waals surface area contributed by atoms with Crippen LogP contribution in [0.5, 0.6) is 0 Å². The van der Waals surface area contributed by atoms with Gasteiger partial charge in [-0.2, -0.15) is 8.78 Å². The number of rotatable bonds is 5. The Hall–Kier alpha value is -1.68. The molecule has 7 nitrogen and oxygen atoms in total. The van der Waals surface area contributed by atoms with Gasteiger partial charge < -0.3 is 10.6 Å². The predicted molar refractivity (Wildman–Crippen MR) is 75.8 cm³/mol. The summed E-state index contributed by atoms with van der Waals surface area (Å²) in [5.74, 6) is 7.05. The Morgan fingerprint density at radius 3 is 3.00 bits per heavy atom. The Bertz CT molecular complexity index is 625. The summed E-state index contributed by atoms with van der Waals surface area (Å²) < 4.78 is 33.3. The highest BCUT2D eigenvalue weighted by Gasteiger charge is 2.23. The zero-order chi connectivity index (χ0) is 15.5. The minimum Gasteiger partial charge on any atom is -0.370 e. The smallest absolute Gasteiger partial charge is 0.319 e. The molecule has 120 valence electrons. The van der Waals surface area contributed by atoms with Crippen LogP contribution in [0.3, 0.4) is 0 Å². The van der Waals surface area contributed by atoms with Crippen molar-refractivity contribution < 1.29 is 13.5 Å². The lowest BCUT2D eigenvalue weighted by molar-refractivity contribution is 0.00780. The third-order valence-electron chi connectivity index (χ3n) is 3.45. The van der Waals surface area contributed by atoms with Crippen LogP contribution in [0.1, 0.15) is 43.6 Å². The summed E-state index contributed by atoms with van der Waals surface area (Å²) in [5, 5.41) is 8.53. The van der Waals surface area contributed by atoms with Crippen LogP contribution in [-0.2, 0) is 10.5 Å². The van der Waals surface area contributed by atoms with Crippen molar-refractivity contribution in [3.8, 4) is 0 Å². The molecule has 1 fully saturated rings. The maximum Gasteiger partial charge on any atom is 0.319 e.